The molecule has 6 amide bonds. The standard InChI is InChI=1S/C46H52ClF2N9O10/c1-46(2,3)68-45(65)57-19-17-56(18-20-57)40-27-25-28(47)36(37-29(48)8-5-10-32(37)59)38(49)39(27)54-44(55-40)52-15-13-33(60)51-14-6-21-66-23-24-67-22-16-50-30-9-4-7-26-35(30)43(64)58(42(26)63)31-11-12-34(61)53-41(31)62/h4-5,7-10,25,31,50,59H,6,11-24H2,1-3H3,(H,51,60)(H,52,54,55)(H,53,61,62)/t31-/m0/s1. The Morgan fingerprint density at radius 3 is 2.34 bits per heavy atom. The summed E-state index contributed by atoms with van der Waals surface area (Å²) in [7, 11) is 0. The predicted octanol–water partition coefficient (Wildman–Crippen LogP) is 4.85. The molecule has 2 saturated heterocycles. The molecule has 19 nitrogen and oxygen atoms in total. The Labute approximate surface area is 394 Å². The Balaban J connectivity index is 0.850. The highest BCUT2D eigenvalue weighted by Crippen LogP contribution is 2.43. The van der Waals surface area contributed by atoms with E-state index in [0.29, 0.717) is 50.7 Å². The average molecular weight is 964 g/mol. The smallest absolute Gasteiger partial charge is 0.410 e. The first-order valence-electron chi connectivity index (χ1n) is 22.2. The zero-order valence-electron chi connectivity index (χ0n) is 37.7. The number of piperazine rings is 1. The fourth-order valence-corrected chi connectivity index (χ4v) is 8.22. The van der Waals surface area contributed by atoms with E-state index < -0.39 is 64.3 Å². The second kappa shape index (κ2) is 21.5. The normalized spacial score (nSPS) is 16.3. The van der Waals surface area contributed by atoms with Gasteiger partial charge in [0.1, 0.15) is 34.5 Å². The van der Waals surface area contributed by atoms with Crippen LogP contribution in [-0.4, -0.2) is 144 Å². The van der Waals surface area contributed by atoms with E-state index >= 15 is 4.39 Å². The highest BCUT2D eigenvalue weighted by Gasteiger charge is 2.45. The number of nitrogens with zero attached hydrogens (tertiary/aromatic N) is 5. The van der Waals surface area contributed by atoms with Gasteiger partial charge in [-0.25, -0.2) is 18.6 Å². The SMILES string of the molecule is CC(C)(C)OC(=O)N1CCN(c2nc(NCCC(=O)NCCCOCCOCCNc3cccc4c3C(=O)N([C@H]3CCC(=O)NC3=O)C4=O)nc3c(F)c(-c4c(O)cccc4F)c(Cl)cc23)CC1. The minimum absolute atomic E-state index is 0.0137. The summed E-state index contributed by atoms with van der Waals surface area (Å²) in [5.74, 6) is -4.70. The van der Waals surface area contributed by atoms with Crippen molar-refractivity contribution in [3.05, 3.63) is 70.2 Å². The first kappa shape index (κ1) is 49.2. The number of hydrogen-bond acceptors (Lipinski definition) is 15. The number of rotatable bonds is 18. The van der Waals surface area contributed by atoms with Crippen LogP contribution in [-0.2, 0) is 28.6 Å². The summed E-state index contributed by atoms with van der Waals surface area (Å²) in [6.45, 7) is 8.39. The van der Waals surface area contributed by atoms with E-state index in [1.807, 2.05) is 4.90 Å². The number of fused-ring (bicyclic) bond motifs is 2. The second-order valence-corrected chi connectivity index (χ2v) is 17.5. The van der Waals surface area contributed by atoms with Gasteiger partial charge in [0.25, 0.3) is 11.8 Å². The van der Waals surface area contributed by atoms with Crippen molar-refractivity contribution in [2.75, 3.05) is 87.8 Å². The van der Waals surface area contributed by atoms with Crippen LogP contribution in [0.3, 0.4) is 0 Å². The molecule has 0 saturated carbocycles. The van der Waals surface area contributed by atoms with E-state index in [1.54, 1.807) is 37.8 Å². The summed E-state index contributed by atoms with van der Waals surface area (Å²) < 4.78 is 48.3. The first-order chi connectivity index (χ1) is 32.5. The van der Waals surface area contributed by atoms with Crippen LogP contribution in [0.4, 0.5) is 31.0 Å². The zero-order chi connectivity index (χ0) is 48.7. The Kier molecular flexibility index (Phi) is 15.6. The molecule has 68 heavy (non-hydrogen) atoms. The number of halogens is 3. The molecule has 2 fully saturated rings. The van der Waals surface area contributed by atoms with E-state index in [4.69, 9.17) is 25.8 Å². The monoisotopic (exact) mass is 963 g/mol. The Morgan fingerprint density at radius 1 is 0.882 bits per heavy atom. The predicted molar refractivity (Wildman–Crippen MR) is 246 cm³/mol. The van der Waals surface area contributed by atoms with Crippen molar-refractivity contribution < 1.29 is 56.9 Å². The molecule has 0 bridgehead atoms. The fraction of sp³-hybridized carbons (Fsp3) is 0.435. The van der Waals surface area contributed by atoms with Crippen LogP contribution < -0.4 is 26.2 Å². The second-order valence-electron chi connectivity index (χ2n) is 17.1. The number of aromatic hydroxyl groups is 1. The van der Waals surface area contributed by atoms with Gasteiger partial charge in [0.05, 0.1) is 41.5 Å². The number of piperidine rings is 1. The molecule has 7 rings (SSSR count). The summed E-state index contributed by atoms with van der Waals surface area (Å²) in [4.78, 5) is 89.2. The molecule has 5 N–H and O–H groups in total. The van der Waals surface area contributed by atoms with Gasteiger partial charge in [-0.15, -0.1) is 0 Å². The molecule has 0 radical (unpaired) electrons. The number of benzene rings is 3. The van der Waals surface area contributed by atoms with Gasteiger partial charge < -0.3 is 45.1 Å². The molecule has 4 aromatic rings. The van der Waals surface area contributed by atoms with Crippen molar-refractivity contribution in [3.63, 3.8) is 0 Å². The average Bonchev–Trinajstić information content (AvgIpc) is 3.54. The number of nitrogens with one attached hydrogen (secondary N) is 4. The fourth-order valence-electron chi connectivity index (χ4n) is 7.94. The van der Waals surface area contributed by atoms with E-state index in [1.165, 1.54) is 24.3 Å². The highest BCUT2D eigenvalue weighted by molar-refractivity contribution is 6.34. The van der Waals surface area contributed by atoms with Gasteiger partial charge in [0, 0.05) is 81.9 Å². The van der Waals surface area contributed by atoms with Crippen LogP contribution in [0.5, 0.6) is 5.75 Å². The first-order valence-corrected chi connectivity index (χ1v) is 22.5. The van der Waals surface area contributed by atoms with E-state index in [-0.39, 0.29) is 103 Å². The maximum atomic E-state index is 16.5. The highest BCUT2D eigenvalue weighted by atomic mass is 35.5. The lowest BCUT2D eigenvalue weighted by Crippen LogP contribution is -2.54. The molecule has 1 atom stereocenters. The maximum Gasteiger partial charge on any atom is 0.410 e. The minimum atomic E-state index is -1.06. The number of imide groups is 2. The number of anilines is 3. The van der Waals surface area contributed by atoms with Crippen molar-refractivity contribution in [3.8, 4) is 16.9 Å². The quantitative estimate of drug-likeness (QED) is 0.0663. The van der Waals surface area contributed by atoms with Crippen LogP contribution >= 0.6 is 11.6 Å². The van der Waals surface area contributed by atoms with Crippen molar-refractivity contribution in [1.29, 1.82) is 0 Å². The maximum absolute atomic E-state index is 16.5. The van der Waals surface area contributed by atoms with Crippen LogP contribution in [0.25, 0.3) is 22.0 Å². The lowest BCUT2D eigenvalue weighted by atomic mass is 10.0. The van der Waals surface area contributed by atoms with E-state index in [2.05, 4.69) is 31.2 Å². The molecule has 0 unspecified atom stereocenters. The summed E-state index contributed by atoms with van der Waals surface area (Å²) in [6, 6.07) is 8.75. The Morgan fingerprint density at radius 2 is 1.62 bits per heavy atom. The van der Waals surface area contributed by atoms with Gasteiger partial charge in [-0.05, 0) is 63.9 Å². The van der Waals surface area contributed by atoms with Crippen LogP contribution in [0.2, 0.25) is 5.02 Å². The zero-order valence-corrected chi connectivity index (χ0v) is 38.5. The third-order valence-corrected chi connectivity index (χ3v) is 11.5. The Hall–Kier alpha value is -6.71. The molecule has 1 aromatic heterocycles. The molecule has 0 aliphatic carbocycles. The lowest BCUT2D eigenvalue weighted by molar-refractivity contribution is -0.136. The third-order valence-electron chi connectivity index (χ3n) is 11.2. The summed E-state index contributed by atoms with van der Waals surface area (Å²) in [5.41, 5.74) is -0.919. The van der Waals surface area contributed by atoms with Crippen molar-refractivity contribution >= 4 is 75.6 Å². The van der Waals surface area contributed by atoms with Crippen molar-refractivity contribution in [1.82, 2.24) is 30.4 Å². The summed E-state index contributed by atoms with van der Waals surface area (Å²) in [6.07, 6.45) is 0.159. The number of hydrogen-bond donors (Lipinski definition) is 5. The molecule has 362 valence electrons. The van der Waals surface area contributed by atoms with Gasteiger partial charge >= 0.3 is 6.09 Å². The van der Waals surface area contributed by atoms with Crippen LogP contribution in [0.15, 0.2) is 42.5 Å². The molecule has 3 aliphatic rings. The van der Waals surface area contributed by atoms with Gasteiger partial charge in [-0.1, -0.05) is 23.7 Å². The number of amides is 6. The van der Waals surface area contributed by atoms with Gasteiger partial charge in [-0.3, -0.25) is 34.2 Å². The van der Waals surface area contributed by atoms with Crippen molar-refractivity contribution in [2.24, 2.45) is 0 Å². The Bertz CT molecular complexity index is 2590. The van der Waals surface area contributed by atoms with Crippen LogP contribution in [0.1, 0.15) is 67.2 Å². The lowest BCUT2D eigenvalue weighted by Gasteiger charge is -2.36. The molecule has 3 aliphatic heterocycles. The number of carbonyl (C=O) groups is 6. The molecule has 3 aromatic carbocycles. The van der Waals surface area contributed by atoms with Gasteiger partial charge in [0.2, 0.25) is 23.7 Å². The summed E-state index contributed by atoms with van der Waals surface area (Å²) in [5, 5.41) is 21.7. The molecular formula is C46H52ClF2N9O10. The topological polar surface area (TPSA) is 234 Å². The number of aromatic nitrogens is 2. The number of ether oxygens (including phenoxy) is 3. The number of phenols is 1. The largest absolute Gasteiger partial charge is 0.507 e. The molecule has 22 heteroatoms. The number of carbonyl (C=O) groups excluding carboxylic acids is 6. The van der Waals surface area contributed by atoms with Crippen LogP contribution in [0, 0.1) is 11.6 Å². The molecule has 4 heterocycles. The van der Waals surface area contributed by atoms with Gasteiger partial charge in [-0.2, -0.15) is 4.98 Å². The van der Waals surface area contributed by atoms with E-state index in [0.717, 1.165) is 11.0 Å². The number of phenolic OH excluding ortho intramolecular Hbond substituents is 1. The molecular weight excluding hydrogens is 912 g/mol. The van der Waals surface area contributed by atoms with Gasteiger partial charge in [0.15, 0.2) is 5.82 Å². The molecule has 0 spiro atoms. The van der Waals surface area contributed by atoms with Crippen molar-refractivity contribution in [2.45, 2.75) is 58.1 Å². The minimum Gasteiger partial charge on any atom is -0.507 e. The summed E-state index contributed by atoms with van der Waals surface area (Å²) >= 11 is 6.58. The third kappa shape index (κ3) is 11.3. The van der Waals surface area contributed by atoms with E-state index in [9.17, 15) is 38.3 Å².